The van der Waals surface area contributed by atoms with Crippen LogP contribution >= 0.6 is 12.4 Å². The predicted octanol–water partition coefficient (Wildman–Crippen LogP) is 0.366. The Morgan fingerprint density at radius 3 is 2.48 bits per heavy atom. The number of phenolic OH excluding ortho intramolecular Hbond substituents is 2. The van der Waals surface area contributed by atoms with Gasteiger partial charge in [0.25, 0.3) is 0 Å². The van der Waals surface area contributed by atoms with E-state index in [4.69, 9.17) is 0 Å². The number of piperazine rings is 1. The third-order valence-electron chi connectivity index (χ3n) is 3.44. The van der Waals surface area contributed by atoms with Crippen molar-refractivity contribution in [3.05, 3.63) is 27.8 Å². The van der Waals surface area contributed by atoms with E-state index in [-0.39, 0.29) is 19.0 Å². The van der Waals surface area contributed by atoms with E-state index in [0.29, 0.717) is 18.7 Å². The molecule has 1 aliphatic heterocycles. The number of halogens is 1. The molecule has 1 saturated heterocycles. The van der Waals surface area contributed by atoms with Gasteiger partial charge in [0, 0.05) is 32.2 Å². The minimum atomic E-state index is -0.759. The number of benzene rings is 1. The Morgan fingerprint density at radius 2 is 1.95 bits per heavy atom. The number of aliphatic hydroxyl groups excluding tert-OH is 1. The minimum Gasteiger partial charge on any atom is -0.504 e. The van der Waals surface area contributed by atoms with E-state index in [1.807, 2.05) is 4.90 Å². The number of rotatable bonds is 4. The van der Waals surface area contributed by atoms with Gasteiger partial charge in [-0.3, -0.25) is 15.0 Å². The Hall–Kier alpha value is -1.61. The van der Waals surface area contributed by atoms with Crippen molar-refractivity contribution in [2.75, 3.05) is 32.8 Å². The quantitative estimate of drug-likeness (QED) is 0.359. The van der Waals surface area contributed by atoms with Crippen LogP contribution in [0.5, 0.6) is 11.5 Å². The highest BCUT2D eigenvalue weighted by Gasteiger charge is 2.26. The molecule has 0 aromatic heterocycles. The Bertz CT molecular complexity index is 508. The maximum absolute atomic E-state index is 10.9. The highest BCUT2D eigenvalue weighted by molar-refractivity contribution is 5.85. The fourth-order valence-corrected chi connectivity index (χ4v) is 2.38. The summed E-state index contributed by atoms with van der Waals surface area (Å²) in [7, 11) is 0. The Morgan fingerprint density at radius 1 is 1.33 bits per heavy atom. The summed E-state index contributed by atoms with van der Waals surface area (Å²) in [5.74, 6) is -1.31. The van der Waals surface area contributed by atoms with Crippen molar-refractivity contribution in [3.8, 4) is 11.5 Å². The third kappa shape index (κ3) is 3.73. The van der Waals surface area contributed by atoms with Crippen molar-refractivity contribution in [1.82, 2.24) is 10.2 Å². The number of hydrogen-bond acceptors (Lipinski definition) is 7. The summed E-state index contributed by atoms with van der Waals surface area (Å²) in [5, 5.41) is 42.7. The first-order valence-electron chi connectivity index (χ1n) is 6.30. The molecule has 1 heterocycles. The van der Waals surface area contributed by atoms with Crippen LogP contribution in [0, 0.1) is 10.1 Å². The van der Waals surface area contributed by atoms with E-state index < -0.39 is 28.2 Å². The van der Waals surface area contributed by atoms with E-state index in [1.54, 1.807) is 0 Å². The van der Waals surface area contributed by atoms with Gasteiger partial charge in [-0.05, 0) is 11.6 Å². The van der Waals surface area contributed by atoms with Gasteiger partial charge < -0.3 is 20.6 Å². The largest absolute Gasteiger partial charge is 0.504 e. The monoisotopic (exact) mass is 319 g/mol. The summed E-state index contributed by atoms with van der Waals surface area (Å²) < 4.78 is 0. The molecule has 0 saturated carbocycles. The predicted molar refractivity (Wildman–Crippen MR) is 77.9 cm³/mol. The molecule has 2 rings (SSSR count). The van der Waals surface area contributed by atoms with Gasteiger partial charge in [0.15, 0.2) is 5.75 Å². The van der Waals surface area contributed by atoms with E-state index in [9.17, 15) is 25.4 Å². The molecular weight excluding hydrogens is 302 g/mol. The SMILES string of the molecule is Cl.O=[N+]([O-])c1cc([C@@H](CO)N2CCNCC2)cc(O)c1O. The van der Waals surface area contributed by atoms with Crippen molar-refractivity contribution >= 4 is 18.1 Å². The number of nitrogens with zero attached hydrogens (tertiary/aromatic N) is 2. The van der Waals surface area contributed by atoms with Gasteiger partial charge in [-0.15, -0.1) is 12.4 Å². The first-order valence-corrected chi connectivity index (χ1v) is 6.30. The standard InChI is InChI=1S/C12H17N3O5.ClH/c16-7-10(14-3-1-13-2-4-14)8-5-9(15(19)20)12(18)11(17)6-8;/h5-6,10,13,16-18H,1-4,7H2;1H/t10-;/m1./s1. The first-order chi connectivity index (χ1) is 9.54. The van der Waals surface area contributed by atoms with Crippen LogP contribution in [0.3, 0.4) is 0 Å². The van der Waals surface area contributed by atoms with Crippen molar-refractivity contribution in [2.24, 2.45) is 0 Å². The fraction of sp³-hybridized carbons (Fsp3) is 0.500. The molecular formula is C12H18ClN3O5. The Balaban J connectivity index is 0.00000220. The van der Waals surface area contributed by atoms with Gasteiger partial charge in [0.05, 0.1) is 17.6 Å². The molecule has 1 aliphatic rings. The van der Waals surface area contributed by atoms with Gasteiger partial charge in [0.1, 0.15) is 0 Å². The van der Waals surface area contributed by atoms with Crippen LogP contribution in [0.2, 0.25) is 0 Å². The van der Waals surface area contributed by atoms with Gasteiger partial charge >= 0.3 is 5.69 Å². The lowest BCUT2D eigenvalue weighted by molar-refractivity contribution is -0.386. The lowest BCUT2D eigenvalue weighted by atomic mass is 10.0. The van der Waals surface area contributed by atoms with E-state index >= 15 is 0 Å². The number of phenols is 2. The molecule has 1 aromatic carbocycles. The number of aliphatic hydroxyl groups is 1. The zero-order valence-electron chi connectivity index (χ0n) is 11.2. The summed E-state index contributed by atoms with van der Waals surface area (Å²) in [6.07, 6.45) is 0. The number of aromatic hydroxyl groups is 2. The molecule has 21 heavy (non-hydrogen) atoms. The smallest absolute Gasteiger partial charge is 0.314 e. The van der Waals surface area contributed by atoms with Gasteiger partial charge in [-0.1, -0.05) is 0 Å². The maximum Gasteiger partial charge on any atom is 0.314 e. The van der Waals surface area contributed by atoms with Crippen molar-refractivity contribution in [1.29, 1.82) is 0 Å². The molecule has 0 amide bonds. The van der Waals surface area contributed by atoms with Crippen molar-refractivity contribution < 1.29 is 20.2 Å². The van der Waals surface area contributed by atoms with Crippen LogP contribution < -0.4 is 5.32 Å². The average molecular weight is 320 g/mol. The Labute approximate surface area is 127 Å². The third-order valence-corrected chi connectivity index (χ3v) is 3.44. The summed E-state index contributed by atoms with van der Waals surface area (Å²) >= 11 is 0. The second-order valence-corrected chi connectivity index (χ2v) is 4.65. The minimum absolute atomic E-state index is 0. The van der Waals surface area contributed by atoms with Crippen LogP contribution in [-0.2, 0) is 0 Å². The molecule has 9 heteroatoms. The second kappa shape index (κ2) is 7.41. The molecule has 4 N–H and O–H groups in total. The molecule has 0 radical (unpaired) electrons. The summed E-state index contributed by atoms with van der Waals surface area (Å²) in [6.45, 7) is 2.70. The highest BCUT2D eigenvalue weighted by atomic mass is 35.5. The van der Waals surface area contributed by atoms with Crippen molar-refractivity contribution in [3.63, 3.8) is 0 Å². The number of nitro groups is 1. The van der Waals surface area contributed by atoms with Crippen LogP contribution in [-0.4, -0.2) is 57.9 Å². The molecule has 1 aromatic rings. The molecule has 1 atom stereocenters. The van der Waals surface area contributed by atoms with Gasteiger partial charge in [-0.25, -0.2) is 0 Å². The Kier molecular flexibility index (Phi) is 6.16. The van der Waals surface area contributed by atoms with Crippen LogP contribution in [0.4, 0.5) is 5.69 Å². The average Bonchev–Trinajstić information content (AvgIpc) is 2.44. The summed E-state index contributed by atoms with van der Waals surface area (Å²) in [6, 6.07) is 2.01. The van der Waals surface area contributed by atoms with Crippen LogP contribution in [0.1, 0.15) is 11.6 Å². The number of hydrogen-bond donors (Lipinski definition) is 4. The van der Waals surface area contributed by atoms with E-state index in [1.165, 1.54) is 12.1 Å². The number of nitro benzene ring substituents is 1. The molecule has 0 spiro atoms. The first kappa shape index (κ1) is 17.4. The maximum atomic E-state index is 10.9. The number of nitrogens with one attached hydrogen (secondary N) is 1. The summed E-state index contributed by atoms with van der Waals surface area (Å²) in [5.41, 5.74) is -0.148. The van der Waals surface area contributed by atoms with Crippen molar-refractivity contribution in [2.45, 2.75) is 6.04 Å². The lowest BCUT2D eigenvalue weighted by Gasteiger charge is -2.34. The van der Waals surface area contributed by atoms with Gasteiger partial charge in [-0.2, -0.15) is 0 Å². The molecule has 0 aliphatic carbocycles. The van der Waals surface area contributed by atoms with Crippen LogP contribution in [0.25, 0.3) is 0 Å². The van der Waals surface area contributed by atoms with Crippen LogP contribution in [0.15, 0.2) is 12.1 Å². The zero-order chi connectivity index (χ0) is 14.7. The van der Waals surface area contributed by atoms with E-state index in [2.05, 4.69) is 5.32 Å². The fourth-order valence-electron chi connectivity index (χ4n) is 2.38. The van der Waals surface area contributed by atoms with E-state index in [0.717, 1.165) is 13.1 Å². The summed E-state index contributed by atoms with van der Waals surface area (Å²) in [4.78, 5) is 12.1. The topological polar surface area (TPSA) is 119 Å². The molecule has 1 fully saturated rings. The lowest BCUT2D eigenvalue weighted by Crippen LogP contribution is -2.46. The normalized spacial score (nSPS) is 17.0. The molecule has 0 unspecified atom stereocenters. The second-order valence-electron chi connectivity index (χ2n) is 4.65. The van der Waals surface area contributed by atoms with Gasteiger partial charge in [0.2, 0.25) is 5.75 Å². The molecule has 118 valence electrons. The highest BCUT2D eigenvalue weighted by Crippen LogP contribution is 2.38. The zero-order valence-corrected chi connectivity index (χ0v) is 12.0. The molecule has 8 nitrogen and oxygen atoms in total. The molecule has 0 bridgehead atoms.